The molecule has 6 nitrogen and oxygen atoms in total. The maximum atomic E-state index is 12.7. The molecule has 0 aliphatic carbocycles. The van der Waals surface area contributed by atoms with Gasteiger partial charge in [-0.2, -0.15) is 0 Å². The molecule has 2 rings (SSSR count). The van der Waals surface area contributed by atoms with Gasteiger partial charge in [0, 0.05) is 19.8 Å². The summed E-state index contributed by atoms with van der Waals surface area (Å²) in [7, 11) is 0. The van der Waals surface area contributed by atoms with E-state index in [1.165, 1.54) is 63.9 Å². The largest absolute Gasteiger partial charge is 0.506 e. The maximum absolute atomic E-state index is 12.7. The lowest BCUT2D eigenvalue weighted by Crippen LogP contribution is -2.26. The molecule has 0 saturated carbocycles. The molecule has 0 bridgehead atoms. The lowest BCUT2D eigenvalue weighted by Gasteiger charge is -2.12. The molecular weight excluding hydrogens is 418 g/mol. The number of nitrogens with one attached hydrogen (secondary N) is 1. The molecule has 0 aliphatic rings. The van der Waals surface area contributed by atoms with Gasteiger partial charge in [-0.15, -0.1) is 0 Å². The number of phenols is 1. The van der Waals surface area contributed by atoms with Crippen LogP contribution in [0.4, 0.5) is 0 Å². The number of benzene rings is 2. The molecular formula is C27H39NO5. The van der Waals surface area contributed by atoms with E-state index in [0.29, 0.717) is 30.3 Å². The Morgan fingerprint density at radius 1 is 0.879 bits per heavy atom. The first-order chi connectivity index (χ1) is 16.1. The number of hydrogen-bond acceptors (Lipinski definition) is 4. The van der Waals surface area contributed by atoms with E-state index in [2.05, 4.69) is 12.2 Å². The van der Waals surface area contributed by atoms with Gasteiger partial charge in [0.2, 0.25) is 0 Å². The molecule has 1 amide bonds. The predicted octanol–water partition coefficient (Wildman–Crippen LogP) is 6.30. The van der Waals surface area contributed by atoms with Crippen molar-refractivity contribution in [1.82, 2.24) is 5.32 Å². The average molecular weight is 458 g/mol. The SMILES string of the molecule is CCCCCCCCCCCCOCCCNC(=O)c1c(O)c(C(=O)O)cc2ccccc12. The van der Waals surface area contributed by atoms with Crippen molar-refractivity contribution in [1.29, 1.82) is 0 Å². The molecule has 0 heterocycles. The Morgan fingerprint density at radius 2 is 1.48 bits per heavy atom. The molecule has 0 radical (unpaired) electrons. The van der Waals surface area contributed by atoms with Gasteiger partial charge in [-0.05, 0) is 29.7 Å². The minimum absolute atomic E-state index is 0.00298. The summed E-state index contributed by atoms with van der Waals surface area (Å²) in [5, 5.41) is 23.6. The van der Waals surface area contributed by atoms with Gasteiger partial charge >= 0.3 is 5.97 Å². The van der Waals surface area contributed by atoms with Gasteiger partial charge < -0.3 is 20.3 Å². The van der Waals surface area contributed by atoms with Crippen LogP contribution in [0.25, 0.3) is 10.8 Å². The monoisotopic (exact) mass is 457 g/mol. The highest BCUT2D eigenvalue weighted by atomic mass is 16.5. The summed E-state index contributed by atoms with van der Waals surface area (Å²) in [6.07, 6.45) is 13.6. The van der Waals surface area contributed by atoms with E-state index in [1.54, 1.807) is 24.3 Å². The number of carbonyl (C=O) groups excluding carboxylic acids is 1. The standard InChI is InChI=1S/C27H39NO5/c1-2-3-4-5-6-7-8-9-10-13-18-33-19-14-17-28-26(30)24-22-16-12-11-15-21(22)20-23(25(24)29)27(31)32/h11-12,15-16,20,29H,2-10,13-14,17-19H2,1H3,(H,28,30)(H,31,32). The summed E-state index contributed by atoms with van der Waals surface area (Å²) in [5.41, 5.74) is -0.282. The van der Waals surface area contributed by atoms with Gasteiger partial charge in [0.05, 0.1) is 5.56 Å². The van der Waals surface area contributed by atoms with Crippen LogP contribution in [0, 0.1) is 0 Å². The van der Waals surface area contributed by atoms with Gasteiger partial charge in [-0.25, -0.2) is 4.79 Å². The fraction of sp³-hybridized carbons (Fsp3) is 0.556. The first kappa shape index (κ1) is 26.7. The van der Waals surface area contributed by atoms with Crippen LogP contribution < -0.4 is 5.32 Å². The van der Waals surface area contributed by atoms with Gasteiger partial charge in [-0.3, -0.25) is 4.79 Å². The van der Waals surface area contributed by atoms with Crippen LogP contribution in [-0.2, 0) is 4.74 Å². The van der Waals surface area contributed by atoms with E-state index in [1.807, 2.05) is 0 Å². The van der Waals surface area contributed by atoms with Crippen molar-refractivity contribution in [2.75, 3.05) is 19.8 Å². The van der Waals surface area contributed by atoms with Gasteiger partial charge in [0.25, 0.3) is 5.91 Å². The Balaban J connectivity index is 1.62. The normalized spacial score (nSPS) is 11.1. The number of fused-ring (bicyclic) bond motifs is 1. The van der Waals surface area contributed by atoms with Crippen molar-refractivity contribution in [3.8, 4) is 5.75 Å². The Hall–Kier alpha value is -2.60. The second-order valence-corrected chi connectivity index (χ2v) is 8.58. The number of amides is 1. The van der Waals surface area contributed by atoms with E-state index < -0.39 is 17.6 Å². The van der Waals surface area contributed by atoms with Crippen LogP contribution in [0.15, 0.2) is 30.3 Å². The Labute approximate surface area is 197 Å². The highest BCUT2D eigenvalue weighted by molar-refractivity contribution is 6.13. The van der Waals surface area contributed by atoms with E-state index in [9.17, 15) is 19.8 Å². The van der Waals surface area contributed by atoms with Crippen molar-refractivity contribution in [3.05, 3.63) is 41.5 Å². The lowest BCUT2D eigenvalue weighted by atomic mass is 9.98. The van der Waals surface area contributed by atoms with E-state index in [0.717, 1.165) is 13.0 Å². The molecule has 2 aromatic rings. The van der Waals surface area contributed by atoms with Crippen LogP contribution in [0.2, 0.25) is 0 Å². The zero-order chi connectivity index (χ0) is 23.9. The number of unbranched alkanes of at least 4 members (excludes halogenated alkanes) is 9. The number of hydrogen-bond donors (Lipinski definition) is 3. The Bertz CT molecular complexity index is 880. The second-order valence-electron chi connectivity index (χ2n) is 8.58. The average Bonchev–Trinajstić information content (AvgIpc) is 2.80. The van der Waals surface area contributed by atoms with Crippen LogP contribution in [0.5, 0.6) is 5.75 Å². The highest BCUT2D eigenvalue weighted by Gasteiger charge is 2.21. The lowest BCUT2D eigenvalue weighted by molar-refractivity contribution is 0.0694. The van der Waals surface area contributed by atoms with Crippen molar-refractivity contribution in [3.63, 3.8) is 0 Å². The topological polar surface area (TPSA) is 95.9 Å². The first-order valence-electron chi connectivity index (χ1n) is 12.4. The molecule has 6 heteroatoms. The van der Waals surface area contributed by atoms with Gasteiger partial charge in [0.15, 0.2) is 0 Å². The molecule has 0 atom stereocenters. The van der Waals surface area contributed by atoms with Crippen molar-refractivity contribution in [2.45, 2.75) is 77.6 Å². The third-order valence-corrected chi connectivity index (χ3v) is 5.87. The van der Waals surface area contributed by atoms with Crippen LogP contribution in [0.3, 0.4) is 0 Å². The van der Waals surface area contributed by atoms with E-state index in [4.69, 9.17) is 4.74 Å². The van der Waals surface area contributed by atoms with Crippen LogP contribution in [0.1, 0.15) is 98.3 Å². The highest BCUT2D eigenvalue weighted by Crippen LogP contribution is 2.31. The number of carboxylic acid groups (broad SMARTS) is 1. The number of rotatable bonds is 17. The fourth-order valence-corrected chi connectivity index (χ4v) is 3.99. The Morgan fingerprint density at radius 3 is 2.15 bits per heavy atom. The summed E-state index contributed by atoms with van der Waals surface area (Å²) in [4.78, 5) is 24.1. The van der Waals surface area contributed by atoms with E-state index >= 15 is 0 Å². The molecule has 182 valence electrons. The van der Waals surface area contributed by atoms with Crippen LogP contribution in [-0.4, -0.2) is 41.8 Å². The predicted molar refractivity (Wildman–Crippen MR) is 132 cm³/mol. The number of ether oxygens (including phenoxy) is 1. The number of carboxylic acids is 1. The summed E-state index contributed by atoms with van der Waals surface area (Å²) >= 11 is 0. The van der Waals surface area contributed by atoms with E-state index in [-0.39, 0.29) is 11.1 Å². The fourth-order valence-electron chi connectivity index (χ4n) is 3.99. The summed E-state index contributed by atoms with van der Waals surface area (Å²) in [5.74, 6) is -2.26. The maximum Gasteiger partial charge on any atom is 0.339 e. The quantitative estimate of drug-likeness (QED) is 0.242. The van der Waals surface area contributed by atoms with Crippen molar-refractivity contribution < 1.29 is 24.5 Å². The molecule has 33 heavy (non-hydrogen) atoms. The second kappa shape index (κ2) is 15.3. The van der Waals surface area contributed by atoms with Gasteiger partial charge in [-0.1, -0.05) is 89.0 Å². The molecule has 0 saturated heterocycles. The zero-order valence-electron chi connectivity index (χ0n) is 19.9. The molecule has 0 aromatic heterocycles. The molecule has 2 aromatic carbocycles. The third kappa shape index (κ3) is 9.04. The molecule has 3 N–H and O–H groups in total. The number of aromatic carboxylic acids is 1. The molecule has 0 aliphatic heterocycles. The zero-order valence-corrected chi connectivity index (χ0v) is 19.9. The van der Waals surface area contributed by atoms with Crippen molar-refractivity contribution >= 4 is 22.6 Å². The number of aromatic hydroxyl groups is 1. The van der Waals surface area contributed by atoms with Crippen molar-refractivity contribution in [2.24, 2.45) is 0 Å². The minimum Gasteiger partial charge on any atom is -0.506 e. The van der Waals surface area contributed by atoms with Gasteiger partial charge in [0.1, 0.15) is 11.3 Å². The molecule has 0 fully saturated rings. The molecule has 0 spiro atoms. The van der Waals surface area contributed by atoms with Crippen LogP contribution >= 0.6 is 0 Å². The molecule has 0 unspecified atom stereocenters. The number of carbonyl (C=O) groups is 2. The first-order valence-corrected chi connectivity index (χ1v) is 12.4. The minimum atomic E-state index is -1.27. The summed E-state index contributed by atoms with van der Waals surface area (Å²) in [6.45, 7) is 3.92. The summed E-state index contributed by atoms with van der Waals surface area (Å²) in [6, 6.07) is 8.31. The Kier molecular flexibility index (Phi) is 12.3. The summed E-state index contributed by atoms with van der Waals surface area (Å²) < 4.78 is 5.66. The third-order valence-electron chi connectivity index (χ3n) is 5.87. The smallest absolute Gasteiger partial charge is 0.339 e.